The van der Waals surface area contributed by atoms with Gasteiger partial charge in [-0.2, -0.15) is 0 Å². The van der Waals surface area contributed by atoms with Gasteiger partial charge in [-0.05, 0) is 32.0 Å². The van der Waals surface area contributed by atoms with Crippen molar-refractivity contribution in [2.24, 2.45) is 0 Å². The Morgan fingerprint density at radius 1 is 1.10 bits per heavy atom. The Balaban J connectivity index is 3.24. The van der Waals surface area contributed by atoms with Gasteiger partial charge in [0, 0.05) is 18.0 Å². The lowest BCUT2D eigenvalue weighted by atomic mass is 10.0. The summed E-state index contributed by atoms with van der Waals surface area (Å²) < 4.78 is 16.3. The molecule has 0 aliphatic heterocycles. The SMILES string of the molecule is CC#CCC(NCCC)c1ccc(OC)c(OC)c1OC. The average molecular weight is 291 g/mol. The lowest BCUT2D eigenvalue weighted by Crippen LogP contribution is -2.22. The van der Waals surface area contributed by atoms with Crippen molar-refractivity contribution in [1.82, 2.24) is 5.32 Å². The van der Waals surface area contributed by atoms with E-state index >= 15 is 0 Å². The molecule has 1 aromatic rings. The van der Waals surface area contributed by atoms with Crippen LogP contribution in [0.15, 0.2) is 12.1 Å². The highest BCUT2D eigenvalue weighted by atomic mass is 16.5. The standard InChI is InChI=1S/C17H25NO3/c1-6-8-9-14(18-12-7-2)13-10-11-15(19-3)17(21-5)16(13)20-4/h10-11,14,18H,7,9,12H2,1-5H3. The topological polar surface area (TPSA) is 39.7 Å². The van der Waals surface area contributed by atoms with Crippen LogP contribution in [0.3, 0.4) is 0 Å². The first kappa shape index (κ1) is 17.2. The van der Waals surface area contributed by atoms with Crippen LogP contribution in [0.1, 0.15) is 38.3 Å². The minimum atomic E-state index is 0.104. The maximum Gasteiger partial charge on any atom is 0.203 e. The second-order valence-electron chi connectivity index (χ2n) is 4.56. The minimum Gasteiger partial charge on any atom is -0.493 e. The highest BCUT2D eigenvalue weighted by molar-refractivity contribution is 5.56. The molecule has 1 atom stereocenters. The molecule has 0 fully saturated rings. The molecule has 0 amide bonds. The van der Waals surface area contributed by atoms with Crippen LogP contribution in [-0.2, 0) is 0 Å². The maximum absolute atomic E-state index is 5.56. The fourth-order valence-corrected chi connectivity index (χ4v) is 2.21. The second-order valence-corrected chi connectivity index (χ2v) is 4.56. The van der Waals surface area contributed by atoms with E-state index in [0.717, 1.165) is 24.9 Å². The number of nitrogens with one attached hydrogen (secondary N) is 1. The number of benzene rings is 1. The zero-order valence-corrected chi connectivity index (χ0v) is 13.6. The molecule has 0 saturated heterocycles. The normalized spacial score (nSPS) is 11.3. The Morgan fingerprint density at radius 3 is 2.33 bits per heavy atom. The highest BCUT2D eigenvalue weighted by Gasteiger charge is 2.21. The van der Waals surface area contributed by atoms with Gasteiger partial charge in [0.15, 0.2) is 11.5 Å². The van der Waals surface area contributed by atoms with Gasteiger partial charge in [0.2, 0.25) is 5.75 Å². The van der Waals surface area contributed by atoms with Crippen LogP contribution in [0, 0.1) is 11.8 Å². The Labute approximate surface area is 127 Å². The molecule has 1 unspecified atom stereocenters. The summed E-state index contributed by atoms with van der Waals surface area (Å²) in [6, 6.07) is 4.01. The highest BCUT2D eigenvalue weighted by Crippen LogP contribution is 2.42. The van der Waals surface area contributed by atoms with E-state index < -0.39 is 0 Å². The molecule has 0 bridgehead atoms. The third kappa shape index (κ3) is 4.30. The first-order chi connectivity index (χ1) is 10.2. The molecule has 1 aromatic carbocycles. The van der Waals surface area contributed by atoms with Gasteiger partial charge in [0.1, 0.15) is 0 Å². The molecule has 4 heteroatoms. The van der Waals surface area contributed by atoms with E-state index in [9.17, 15) is 0 Å². The van der Waals surface area contributed by atoms with Crippen LogP contribution < -0.4 is 19.5 Å². The summed E-state index contributed by atoms with van der Waals surface area (Å²) >= 11 is 0. The average Bonchev–Trinajstić information content (AvgIpc) is 2.53. The number of ether oxygens (including phenoxy) is 3. The van der Waals surface area contributed by atoms with Crippen molar-refractivity contribution in [1.29, 1.82) is 0 Å². The van der Waals surface area contributed by atoms with Gasteiger partial charge >= 0.3 is 0 Å². The molecule has 21 heavy (non-hydrogen) atoms. The van der Waals surface area contributed by atoms with Crippen LogP contribution in [0.2, 0.25) is 0 Å². The van der Waals surface area contributed by atoms with Crippen LogP contribution in [-0.4, -0.2) is 27.9 Å². The molecular weight excluding hydrogens is 266 g/mol. The van der Waals surface area contributed by atoms with Gasteiger partial charge in [-0.25, -0.2) is 0 Å². The molecular formula is C17H25NO3. The molecule has 0 aromatic heterocycles. The summed E-state index contributed by atoms with van der Waals surface area (Å²) in [4.78, 5) is 0. The summed E-state index contributed by atoms with van der Waals surface area (Å²) in [6.07, 6.45) is 1.79. The smallest absolute Gasteiger partial charge is 0.203 e. The molecule has 0 aliphatic rings. The third-order valence-electron chi connectivity index (χ3n) is 3.23. The quantitative estimate of drug-likeness (QED) is 0.747. The first-order valence-corrected chi connectivity index (χ1v) is 7.15. The van der Waals surface area contributed by atoms with Crippen molar-refractivity contribution in [3.05, 3.63) is 17.7 Å². The Bertz CT molecular complexity index is 503. The maximum atomic E-state index is 5.56. The van der Waals surface area contributed by atoms with Crippen molar-refractivity contribution in [2.75, 3.05) is 27.9 Å². The lowest BCUT2D eigenvalue weighted by Gasteiger charge is -2.22. The molecule has 0 spiro atoms. The third-order valence-corrected chi connectivity index (χ3v) is 3.23. The van der Waals surface area contributed by atoms with Gasteiger partial charge < -0.3 is 19.5 Å². The molecule has 4 nitrogen and oxygen atoms in total. The summed E-state index contributed by atoms with van der Waals surface area (Å²) in [7, 11) is 4.87. The fourth-order valence-electron chi connectivity index (χ4n) is 2.21. The van der Waals surface area contributed by atoms with Crippen LogP contribution in [0.25, 0.3) is 0 Å². The summed E-state index contributed by atoms with van der Waals surface area (Å²) in [5.41, 5.74) is 1.03. The molecule has 0 heterocycles. The fraction of sp³-hybridized carbons (Fsp3) is 0.529. The van der Waals surface area contributed by atoms with Crippen LogP contribution in [0.5, 0.6) is 17.2 Å². The number of hydrogen-bond donors (Lipinski definition) is 1. The van der Waals surface area contributed by atoms with Crippen molar-refractivity contribution >= 4 is 0 Å². The van der Waals surface area contributed by atoms with Crippen LogP contribution in [0.4, 0.5) is 0 Å². The van der Waals surface area contributed by atoms with Crippen molar-refractivity contribution in [3.63, 3.8) is 0 Å². The van der Waals surface area contributed by atoms with E-state index in [-0.39, 0.29) is 6.04 Å². The lowest BCUT2D eigenvalue weighted by molar-refractivity contribution is 0.319. The van der Waals surface area contributed by atoms with E-state index in [2.05, 4.69) is 24.1 Å². The first-order valence-electron chi connectivity index (χ1n) is 7.15. The minimum absolute atomic E-state index is 0.104. The van der Waals surface area contributed by atoms with E-state index in [1.165, 1.54) is 0 Å². The van der Waals surface area contributed by atoms with E-state index in [1.54, 1.807) is 21.3 Å². The Morgan fingerprint density at radius 2 is 1.81 bits per heavy atom. The van der Waals surface area contributed by atoms with Crippen molar-refractivity contribution < 1.29 is 14.2 Å². The zero-order chi connectivity index (χ0) is 15.7. The van der Waals surface area contributed by atoms with Gasteiger partial charge in [-0.15, -0.1) is 11.8 Å². The molecule has 116 valence electrons. The predicted molar refractivity (Wildman–Crippen MR) is 85.2 cm³/mol. The molecule has 0 aliphatic carbocycles. The van der Waals surface area contributed by atoms with E-state index in [0.29, 0.717) is 17.2 Å². The number of hydrogen-bond acceptors (Lipinski definition) is 4. The summed E-state index contributed by atoms with van der Waals surface area (Å²) in [5, 5.41) is 3.51. The van der Waals surface area contributed by atoms with Crippen molar-refractivity contribution in [3.8, 4) is 29.1 Å². The largest absolute Gasteiger partial charge is 0.493 e. The van der Waals surface area contributed by atoms with Crippen molar-refractivity contribution in [2.45, 2.75) is 32.7 Å². The second kappa shape index (κ2) is 9.15. The number of rotatable bonds is 8. The van der Waals surface area contributed by atoms with Gasteiger partial charge in [0.25, 0.3) is 0 Å². The van der Waals surface area contributed by atoms with Gasteiger partial charge in [0.05, 0.1) is 21.3 Å². The summed E-state index contributed by atoms with van der Waals surface area (Å²) in [6.45, 7) is 4.91. The monoisotopic (exact) mass is 291 g/mol. The summed E-state index contributed by atoms with van der Waals surface area (Å²) in [5.74, 6) is 8.05. The van der Waals surface area contributed by atoms with E-state index in [1.807, 2.05) is 19.1 Å². The molecule has 0 radical (unpaired) electrons. The Kier molecular flexibility index (Phi) is 7.49. The molecule has 0 saturated carbocycles. The van der Waals surface area contributed by atoms with Gasteiger partial charge in [-0.1, -0.05) is 6.92 Å². The van der Waals surface area contributed by atoms with Gasteiger partial charge in [-0.3, -0.25) is 0 Å². The van der Waals surface area contributed by atoms with Crippen LogP contribution >= 0.6 is 0 Å². The molecule has 1 N–H and O–H groups in total. The van der Waals surface area contributed by atoms with E-state index in [4.69, 9.17) is 14.2 Å². The predicted octanol–water partition coefficient (Wildman–Crippen LogP) is 3.17. The zero-order valence-electron chi connectivity index (χ0n) is 13.6. The Hall–Kier alpha value is -1.86. The molecule has 1 rings (SSSR count). The number of methoxy groups -OCH3 is 3.